The Hall–Kier alpha value is -2.61. The zero-order valence-corrected chi connectivity index (χ0v) is 16.0. The van der Waals surface area contributed by atoms with Gasteiger partial charge in [0.2, 0.25) is 0 Å². The van der Waals surface area contributed by atoms with E-state index in [9.17, 15) is 14.4 Å². The number of amides is 1. The summed E-state index contributed by atoms with van der Waals surface area (Å²) in [4.78, 5) is 40.1. The van der Waals surface area contributed by atoms with E-state index in [4.69, 9.17) is 9.47 Å². The fraction of sp³-hybridized carbons (Fsp3) is 0.389. The average Bonchev–Trinajstić information content (AvgIpc) is 3.21. The van der Waals surface area contributed by atoms with Crippen molar-refractivity contribution in [3.63, 3.8) is 0 Å². The van der Waals surface area contributed by atoms with Gasteiger partial charge in [0.1, 0.15) is 5.69 Å². The van der Waals surface area contributed by atoms with Gasteiger partial charge in [-0.25, -0.2) is 9.59 Å². The zero-order valence-electron chi connectivity index (χ0n) is 15.2. The molecule has 0 saturated heterocycles. The highest BCUT2D eigenvalue weighted by atomic mass is 32.1. The van der Waals surface area contributed by atoms with Gasteiger partial charge in [-0.3, -0.25) is 4.79 Å². The first-order valence-corrected chi connectivity index (χ1v) is 9.09. The number of rotatable bonds is 7. The normalized spacial score (nSPS) is 11.7. The molecule has 0 aliphatic carbocycles. The molecule has 8 heteroatoms. The van der Waals surface area contributed by atoms with Crippen molar-refractivity contribution in [3.8, 4) is 0 Å². The molecular formula is C18H22N2O5S. The highest BCUT2D eigenvalue weighted by Crippen LogP contribution is 2.20. The number of carbonyl (C=O) groups is 3. The first kappa shape index (κ1) is 19.7. The maximum Gasteiger partial charge on any atom is 0.355 e. The minimum Gasteiger partial charge on any atom is -0.461 e. The van der Waals surface area contributed by atoms with Gasteiger partial charge in [-0.15, -0.1) is 11.3 Å². The van der Waals surface area contributed by atoms with Crippen molar-refractivity contribution in [2.75, 3.05) is 13.2 Å². The number of ether oxygens (including phenoxy) is 2. The molecule has 0 spiro atoms. The Balaban J connectivity index is 1.97. The third kappa shape index (κ3) is 4.51. The zero-order chi connectivity index (χ0) is 19.3. The SMILES string of the molecule is CCOC(=O)c1[nH]c(C)c(C(=O)OCC(=O)N[C@H](C)c2cccs2)c1C. The van der Waals surface area contributed by atoms with Crippen LogP contribution in [0.2, 0.25) is 0 Å². The fourth-order valence-corrected chi connectivity index (χ4v) is 3.29. The van der Waals surface area contributed by atoms with Crippen molar-refractivity contribution in [3.05, 3.63) is 44.9 Å². The summed E-state index contributed by atoms with van der Waals surface area (Å²) in [6, 6.07) is 3.67. The summed E-state index contributed by atoms with van der Waals surface area (Å²) in [6.07, 6.45) is 0. The number of esters is 2. The van der Waals surface area contributed by atoms with Crippen LogP contribution in [0.4, 0.5) is 0 Å². The first-order chi connectivity index (χ1) is 12.3. The lowest BCUT2D eigenvalue weighted by molar-refractivity contribution is -0.124. The number of H-pyrrole nitrogens is 1. The largest absolute Gasteiger partial charge is 0.461 e. The molecule has 0 aromatic carbocycles. The summed E-state index contributed by atoms with van der Waals surface area (Å²) in [5, 5.41) is 4.70. The fourth-order valence-electron chi connectivity index (χ4n) is 2.56. The van der Waals surface area contributed by atoms with Crippen LogP contribution in [-0.2, 0) is 14.3 Å². The summed E-state index contributed by atoms with van der Waals surface area (Å²) in [5.41, 5.74) is 1.39. The second-order valence-electron chi connectivity index (χ2n) is 5.73. The number of hydrogen-bond acceptors (Lipinski definition) is 6. The minimum absolute atomic E-state index is 0.160. The minimum atomic E-state index is -0.661. The van der Waals surface area contributed by atoms with E-state index in [1.54, 1.807) is 20.8 Å². The molecule has 140 valence electrons. The van der Waals surface area contributed by atoms with Crippen LogP contribution >= 0.6 is 11.3 Å². The average molecular weight is 378 g/mol. The van der Waals surface area contributed by atoms with Crippen LogP contribution in [0.25, 0.3) is 0 Å². The molecule has 0 unspecified atom stereocenters. The maximum absolute atomic E-state index is 12.3. The number of nitrogens with one attached hydrogen (secondary N) is 2. The molecule has 1 amide bonds. The molecular weight excluding hydrogens is 356 g/mol. The molecule has 0 radical (unpaired) electrons. The van der Waals surface area contributed by atoms with Crippen molar-refractivity contribution >= 4 is 29.2 Å². The van der Waals surface area contributed by atoms with Crippen molar-refractivity contribution in [2.45, 2.75) is 33.7 Å². The van der Waals surface area contributed by atoms with Crippen LogP contribution in [0, 0.1) is 13.8 Å². The lowest BCUT2D eigenvalue weighted by atomic mass is 10.1. The van der Waals surface area contributed by atoms with Crippen molar-refractivity contribution in [1.29, 1.82) is 0 Å². The molecule has 2 heterocycles. The van der Waals surface area contributed by atoms with E-state index in [0.29, 0.717) is 11.3 Å². The lowest BCUT2D eigenvalue weighted by Crippen LogP contribution is -2.30. The van der Waals surface area contributed by atoms with Crippen LogP contribution in [0.1, 0.15) is 56.9 Å². The Morgan fingerprint density at radius 2 is 1.96 bits per heavy atom. The van der Waals surface area contributed by atoms with E-state index in [-0.39, 0.29) is 23.9 Å². The number of aromatic nitrogens is 1. The van der Waals surface area contributed by atoms with E-state index >= 15 is 0 Å². The van der Waals surface area contributed by atoms with E-state index in [1.807, 2.05) is 24.4 Å². The van der Waals surface area contributed by atoms with Gasteiger partial charge in [0, 0.05) is 10.6 Å². The molecule has 0 aliphatic heterocycles. The van der Waals surface area contributed by atoms with Gasteiger partial charge >= 0.3 is 11.9 Å². The van der Waals surface area contributed by atoms with Crippen molar-refractivity contribution < 1.29 is 23.9 Å². The van der Waals surface area contributed by atoms with E-state index in [1.165, 1.54) is 11.3 Å². The molecule has 0 fully saturated rings. The summed E-state index contributed by atoms with van der Waals surface area (Å²) in [6.45, 7) is 6.69. The van der Waals surface area contributed by atoms with Gasteiger partial charge in [0.05, 0.1) is 18.2 Å². The number of thiophene rings is 1. The first-order valence-electron chi connectivity index (χ1n) is 8.21. The molecule has 0 bridgehead atoms. The summed E-state index contributed by atoms with van der Waals surface area (Å²) >= 11 is 1.54. The van der Waals surface area contributed by atoms with Crippen LogP contribution in [-0.4, -0.2) is 36.0 Å². The number of aromatic amines is 1. The molecule has 2 rings (SSSR count). The second kappa shape index (κ2) is 8.66. The quantitative estimate of drug-likeness (QED) is 0.722. The topological polar surface area (TPSA) is 97.5 Å². The Morgan fingerprint density at radius 1 is 1.23 bits per heavy atom. The molecule has 2 aromatic heterocycles. The predicted molar refractivity (Wildman–Crippen MR) is 97.4 cm³/mol. The molecule has 7 nitrogen and oxygen atoms in total. The van der Waals surface area contributed by atoms with Gasteiger partial charge in [-0.2, -0.15) is 0 Å². The summed E-state index contributed by atoms with van der Waals surface area (Å²) in [5.74, 6) is -1.59. The Kier molecular flexibility index (Phi) is 6.57. The standard InChI is InChI=1S/C18H22N2O5S/c1-5-24-18(23)16-10(2)15(12(4)20-16)17(22)25-9-14(21)19-11(3)13-7-6-8-26-13/h6-8,11,20H,5,9H2,1-4H3,(H,19,21)/t11-/m1/s1. The molecule has 2 aromatic rings. The summed E-state index contributed by atoms with van der Waals surface area (Å²) in [7, 11) is 0. The Morgan fingerprint density at radius 3 is 2.58 bits per heavy atom. The molecule has 1 atom stereocenters. The van der Waals surface area contributed by atoms with Crippen LogP contribution in [0.15, 0.2) is 17.5 Å². The van der Waals surface area contributed by atoms with Gasteiger partial charge in [0.15, 0.2) is 6.61 Å². The molecule has 26 heavy (non-hydrogen) atoms. The van der Waals surface area contributed by atoms with E-state index < -0.39 is 24.5 Å². The Bertz CT molecular complexity index is 795. The maximum atomic E-state index is 12.3. The third-order valence-electron chi connectivity index (χ3n) is 3.80. The predicted octanol–water partition coefficient (Wildman–Crippen LogP) is 2.90. The van der Waals surface area contributed by atoms with Gasteiger partial charge in [0.25, 0.3) is 5.91 Å². The van der Waals surface area contributed by atoms with Crippen molar-refractivity contribution in [2.24, 2.45) is 0 Å². The van der Waals surface area contributed by atoms with E-state index in [0.717, 1.165) is 4.88 Å². The lowest BCUT2D eigenvalue weighted by Gasteiger charge is -2.12. The smallest absolute Gasteiger partial charge is 0.355 e. The summed E-state index contributed by atoms with van der Waals surface area (Å²) < 4.78 is 10.1. The molecule has 2 N–H and O–H groups in total. The monoisotopic (exact) mass is 378 g/mol. The van der Waals surface area contributed by atoms with E-state index in [2.05, 4.69) is 10.3 Å². The van der Waals surface area contributed by atoms with Crippen LogP contribution in [0.5, 0.6) is 0 Å². The van der Waals surface area contributed by atoms with Gasteiger partial charge in [-0.05, 0) is 44.7 Å². The Labute approximate surface area is 155 Å². The van der Waals surface area contributed by atoms with Crippen LogP contribution < -0.4 is 5.32 Å². The number of hydrogen-bond donors (Lipinski definition) is 2. The number of aryl methyl sites for hydroxylation is 1. The highest BCUT2D eigenvalue weighted by Gasteiger charge is 2.24. The van der Waals surface area contributed by atoms with Crippen molar-refractivity contribution in [1.82, 2.24) is 10.3 Å². The number of carbonyl (C=O) groups excluding carboxylic acids is 3. The molecule has 0 aliphatic rings. The molecule has 0 saturated carbocycles. The van der Waals surface area contributed by atoms with Crippen LogP contribution in [0.3, 0.4) is 0 Å². The highest BCUT2D eigenvalue weighted by molar-refractivity contribution is 7.10. The second-order valence-corrected chi connectivity index (χ2v) is 6.71. The van der Waals surface area contributed by atoms with Gasteiger partial charge in [-0.1, -0.05) is 6.07 Å². The third-order valence-corrected chi connectivity index (χ3v) is 4.86. The van der Waals surface area contributed by atoms with Gasteiger partial charge < -0.3 is 19.8 Å².